The molecule has 0 saturated carbocycles. The number of nitrogens with one attached hydrogen (secondary N) is 1. The first kappa shape index (κ1) is 16.2. The standard InChI is InChI=1S/C17H14BrFN2O/c18-15-6-7-16(19)14(9-15)11-21-17(22)8-5-12-1-3-13(10-20)4-2-12/h1-4,6-7,9H,5,8,11H2,(H,21,22). The highest BCUT2D eigenvalue weighted by Crippen LogP contribution is 2.15. The van der Waals surface area contributed by atoms with Crippen molar-refractivity contribution in [3.8, 4) is 6.07 Å². The Morgan fingerprint density at radius 1 is 1.23 bits per heavy atom. The molecule has 2 rings (SSSR count). The van der Waals surface area contributed by atoms with Gasteiger partial charge in [0.15, 0.2) is 0 Å². The predicted molar refractivity (Wildman–Crippen MR) is 85.4 cm³/mol. The first-order chi connectivity index (χ1) is 10.6. The van der Waals surface area contributed by atoms with Gasteiger partial charge >= 0.3 is 0 Å². The second-order valence-corrected chi connectivity index (χ2v) is 5.74. The van der Waals surface area contributed by atoms with Crippen molar-refractivity contribution >= 4 is 21.8 Å². The molecule has 2 aromatic carbocycles. The Balaban J connectivity index is 1.83. The Morgan fingerprint density at radius 3 is 2.64 bits per heavy atom. The number of benzene rings is 2. The maximum atomic E-state index is 13.5. The van der Waals surface area contributed by atoms with E-state index < -0.39 is 0 Å². The molecule has 0 fully saturated rings. The van der Waals surface area contributed by atoms with Crippen LogP contribution in [0.1, 0.15) is 23.1 Å². The number of halogens is 2. The summed E-state index contributed by atoms with van der Waals surface area (Å²) in [6.07, 6.45) is 0.903. The molecular formula is C17H14BrFN2O. The van der Waals surface area contributed by atoms with E-state index >= 15 is 0 Å². The van der Waals surface area contributed by atoms with Gasteiger partial charge in [-0.2, -0.15) is 5.26 Å². The average molecular weight is 361 g/mol. The minimum absolute atomic E-state index is 0.135. The van der Waals surface area contributed by atoms with Crippen molar-refractivity contribution < 1.29 is 9.18 Å². The zero-order valence-electron chi connectivity index (χ0n) is 11.8. The number of nitrogens with zero attached hydrogens (tertiary/aromatic N) is 1. The zero-order chi connectivity index (χ0) is 15.9. The summed E-state index contributed by atoms with van der Waals surface area (Å²) < 4.78 is 14.3. The zero-order valence-corrected chi connectivity index (χ0v) is 13.4. The Morgan fingerprint density at radius 2 is 1.95 bits per heavy atom. The van der Waals surface area contributed by atoms with Crippen molar-refractivity contribution in [1.29, 1.82) is 5.26 Å². The Bertz CT molecular complexity index is 708. The summed E-state index contributed by atoms with van der Waals surface area (Å²) in [6.45, 7) is 0.164. The maximum Gasteiger partial charge on any atom is 0.220 e. The van der Waals surface area contributed by atoms with Crippen LogP contribution in [0.4, 0.5) is 4.39 Å². The van der Waals surface area contributed by atoms with Crippen molar-refractivity contribution in [3.63, 3.8) is 0 Å². The lowest BCUT2D eigenvalue weighted by molar-refractivity contribution is -0.121. The van der Waals surface area contributed by atoms with Gasteiger partial charge in [0.25, 0.3) is 0 Å². The van der Waals surface area contributed by atoms with E-state index in [0.29, 0.717) is 24.0 Å². The summed E-state index contributed by atoms with van der Waals surface area (Å²) in [5.74, 6) is -0.473. The van der Waals surface area contributed by atoms with E-state index in [1.165, 1.54) is 6.07 Å². The first-order valence-electron chi connectivity index (χ1n) is 6.78. The Hall–Kier alpha value is -2.19. The molecule has 0 aliphatic heterocycles. The van der Waals surface area contributed by atoms with Gasteiger partial charge in [0, 0.05) is 23.0 Å². The molecule has 0 aromatic heterocycles. The van der Waals surface area contributed by atoms with E-state index in [0.717, 1.165) is 10.0 Å². The van der Waals surface area contributed by atoms with Crippen LogP contribution in [0, 0.1) is 17.1 Å². The van der Waals surface area contributed by atoms with Gasteiger partial charge in [0.1, 0.15) is 5.82 Å². The lowest BCUT2D eigenvalue weighted by Crippen LogP contribution is -2.23. The lowest BCUT2D eigenvalue weighted by Gasteiger charge is -2.07. The third kappa shape index (κ3) is 4.68. The highest BCUT2D eigenvalue weighted by Gasteiger charge is 2.06. The first-order valence-corrected chi connectivity index (χ1v) is 7.57. The van der Waals surface area contributed by atoms with Crippen molar-refractivity contribution in [1.82, 2.24) is 5.32 Å². The van der Waals surface area contributed by atoms with E-state index in [9.17, 15) is 9.18 Å². The van der Waals surface area contributed by atoms with Gasteiger partial charge in [0.2, 0.25) is 5.91 Å². The molecule has 0 saturated heterocycles. The van der Waals surface area contributed by atoms with Gasteiger partial charge in [-0.1, -0.05) is 28.1 Å². The fraction of sp³-hybridized carbons (Fsp3) is 0.176. The van der Waals surface area contributed by atoms with Crippen LogP contribution >= 0.6 is 15.9 Å². The second-order valence-electron chi connectivity index (χ2n) is 4.82. The molecule has 0 bridgehead atoms. The maximum absolute atomic E-state index is 13.5. The smallest absolute Gasteiger partial charge is 0.220 e. The number of carbonyl (C=O) groups excluding carboxylic acids is 1. The third-order valence-corrected chi connectivity index (χ3v) is 3.70. The van der Waals surface area contributed by atoms with Crippen LogP contribution in [0.2, 0.25) is 0 Å². The molecule has 3 nitrogen and oxygen atoms in total. The highest BCUT2D eigenvalue weighted by molar-refractivity contribution is 9.10. The molecule has 22 heavy (non-hydrogen) atoms. The lowest BCUT2D eigenvalue weighted by atomic mass is 10.1. The number of rotatable bonds is 5. The Labute approximate surface area is 136 Å². The van der Waals surface area contributed by atoms with E-state index in [1.54, 1.807) is 24.3 Å². The number of nitriles is 1. The molecule has 1 N–H and O–H groups in total. The normalized spacial score (nSPS) is 10.0. The van der Waals surface area contributed by atoms with Crippen molar-refractivity contribution in [2.45, 2.75) is 19.4 Å². The molecule has 112 valence electrons. The van der Waals surface area contributed by atoms with E-state index in [4.69, 9.17) is 5.26 Å². The Kier molecular flexibility index (Phi) is 5.68. The third-order valence-electron chi connectivity index (χ3n) is 3.21. The molecule has 0 radical (unpaired) electrons. The largest absolute Gasteiger partial charge is 0.352 e. The van der Waals surface area contributed by atoms with Crippen molar-refractivity contribution in [2.24, 2.45) is 0 Å². The summed E-state index contributed by atoms with van der Waals surface area (Å²) in [6, 6.07) is 13.8. The summed E-state index contributed by atoms with van der Waals surface area (Å²) in [5, 5.41) is 11.4. The molecule has 0 spiro atoms. The van der Waals surface area contributed by atoms with Crippen molar-refractivity contribution in [2.75, 3.05) is 0 Å². The van der Waals surface area contributed by atoms with E-state index in [2.05, 4.69) is 21.2 Å². The quantitative estimate of drug-likeness (QED) is 0.883. The molecule has 0 aliphatic rings. The van der Waals surface area contributed by atoms with Crippen LogP contribution in [0.3, 0.4) is 0 Å². The topological polar surface area (TPSA) is 52.9 Å². The summed E-state index contributed by atoms with van der Waals surface area (Å²) in [7, 11) is 0. The molecule has 2 aromatic rings. The number of carbonyl (C=O) groups is 1. The fourth-order valence-corrected chi connectivity index (χ4v) is 2.37. The van der Waals surface area contributed by atoms with Crippen LogP contribution in [0.5, 0.6) is 0 Å². The molecule has 0 atom stereocenters. The number of amides is 1. The monoisotopic (exact) mass is 360 g/mol. The number of aryl methyl sites for hydroxylation is 1. The number of hydrogen-bond donors (Lipinski definition) is 1. The molecular weight excluding hydrogens is 347 g/mol. The van der Waals surface area contributed by atoms with Gasteiger partial charge < -0.3 is 5.32 Å². The van der Waals surface area contributed by atoms with Crippen LogP contribution in [0.25, 0.3) is 0 Å². The molecule has 5 heteroatoms. The average Bonchev–Trinajstić information content (AvgIpc) is 2.54. The minimum Gasteiger partial charge on any atom is -0.352 e. The molecule has 0 aliphatic carbocycles. The predicted octanol–water partition coefficient (Wildman–Crippen LogP) is 3.71. The summed E-state index contributed by atoms with van der Waals surface area (Å²) in [5.41, 5.74) is 2.03. The van der Waals surface area contributed by atoms with Gasteiger partial charge in [-0.3, -0.25) is 4.79 Å². The van der Waals surface area contributed by atoms with Gasteiger partial charge in [0.05, 0.1) is 11.6 Å². The van der Waals surface area contributed by atoms with Crippen LogP contribution in [-0.4, -0.2) is 5.91 Å². The van der Waals surface area contributed by atoms with Crippen LogP contribution in [0.15, 0.2) is 46.9 Å². The SMILES string of the molecule is N#Cc1ccc(CCC(=O)NCc2cc(Br)ccc2F)cc1. The number of hydrogen-bond acceptors (Lipinski definition) is 2. The van der Waals surface area contributed by atoms with Crippen LogP contribution in [-0.2, 0) is 17.8 Å². The van der Waals surface area contributed by atoms with E-state index in [1.807, 2.05) is 18.2 Å². The van der Waals surface area contributed by atoms with Crippen molar-refractivity contribution in [3.05, 3.63) is 69.4 Å². The summed E-state index contributed by atoms with van der Waals surface area (Å²) in [4.78, 5) is 11.8. The fourth-order valence-electron chi connectivity index (χ4n) is 1.96. The van der Waals surface area contributed by atoms with Gasteiger partial charge in [-0.25, -0.2) is 4.39 Å². The molecule has 1 amide bonds. The van der Waals surface area contributed by atoms with E-state index in [-0.39, 0.29) is 18.3 Å². The molecule has 0 heterocycles. The minimum atomic E-state index is -0.337. The highest BCUT2D eigenvalue weighted by atomic mass is 79.9. The summed E-state index contributed by atoms with van der Waals surface area (Å²) >= 11 is 3.27. The van der Waals surface area contributed by atoms with Gasteiger partial charge in [-0.15, -0.1) is 0 Å². The molecule has 0 unspecified atom stereocenters. The van der Waals surface area contributed by atoms with Crippen LogP contribution < -0.4 is 5.32 Å². The van der Waals surface area contributed by atoms with Gasteiger partial charge in [-0.05, 0) is 42.3 Å². The second kappa shape index (κ2) is 7.71.